The van der Waals surface area contributed by atoms with Crippen LogP contribution in [0.1, 0.15) is 84.6 Å². The van der Waals surface area contributed by atoms with Crippen LogP contribution in [0.4, 0.5) is 11.4 Å². The van der Waals surface area contributed by atoms with E-state index in [1.165, 1.54) is 50.1 Å². The number of rotatable bonds is 7. The molecule has 0 spiro atoms. The fourth-order valence-corrected chi connectivity index (χ4v) is 10.6. The molecule has 1 aromatic heterocycles. The van der Waals surface area contributed by atoms with Crippen LogP contribution >= 0.6 is 0 Å². The first-order valence-corrected chi connectivity index (χ1v) is 22.3. The molecule has 0 saturated heterocycles. The first-order valence-electron chi connectivity index (χ1n) is 22.3. The number of fused-ring (bicyclic) bond motifs is 7. The SMILES string of the molecule is CC1CC=Cc2c1c1cc(C3=CC=CC4N(c5ccc(C(N)=NC(=NC(C)c6ccccc6)c6ccccc6)cc5)c5ccccc5C34C)ccc1n2C1=C2C=CC=CC2CC=N1. The summed E-state index contributed by atoms with van der Waals surface area (Å²) < 4.78 is 2.43. The summed E-state index contributed by atoms with van der Waals surface area (Å²) in [5.74, 6) is 2.82. The third kappa shape index (κ3) is 6.43. The summed E-state index contributed by atoms with van der Waals surface area (Å²) in [6.07, 6.45) is 24.5. The molecule has 2 aliphatic heterocycles. The van der Waals surface area contributed by atoms with Gasteiger partial charge >= 0.3 is 0 Å². The van der Waals surface area contributed by atoms with E-state index in [1.54, 1.807) is 0 Å². The molecular weight excluding hydrogens is 769 g/mol. The molecular formula is C57H50N6. The lowest BCUT2D eigenvalue weighted by Gasteiger charge is -2.39. The van der Waals surface area contributed by atoms with E-state index in [4.69, 9.17) is 20.7 Å². The first-order chi connectivity index (χ1) is 30.9. The van der Waals surface area contributed by atoms with E-state index >= 15 is 0 Å². The number of nitrogens with two attached hydrogens (primary N) is 1. The Morgan fingerprint density at radius 1 is 0.810 bits per heavy atom. The van der Waals surface area contributed by atoms with Gasteiger partial charge in [0, 0.05) is 51.0 Å². The van der Waals surface area contributed by atoms with Gasteiger partial charge in [-0.3, -0.25) is 9.56 Å². The second-order valence-electron chi connectivity index (χ2n) is 17.5. The molecule has 3 aliphatic carbocycles. The average molecular weight is 819 g/mol. The fraction of sp³-hybridized carbons (Fsp3) is 0.175. The van der Waals surface area contributed by atoms with Crippen LogP contribution in [0.5, 0.6) is 0 Å². The van der Waals surface area contributed by atoms with E-state index in [0.29, 0.717) is 23.5 Å². The van der Waals surface area contributed by atoms with Gasteiger partial charge < -0.3 is 10.6 Å². The summed E-state index contributed by atoms with van der Waals surface area (Å²) in [5, 5.41) is 1.31. The minimum atomic E-state index is -0.326. The quantitative estimate of drug-likeness (QED) is 0.129. The second kappa shape index (κ2) is 15.5. The summed E-state index contributed by atoms with van der Waals surface area (Å²) in [5.41, 5.74) is 20.7. The van der Waals surface area contributed by atoms with Crippen LogP contribution in [0.3, 0.4) is 0 Å². The summed E-state index contributed by atoms with van der Waals surface area (Å²) in [6.45, 7) is 6.88. The third-order valence-electron chi connectivity index (χ3n) is 13.8. The number of allylic oxidation sites excluding steroid dienone is 8. The molecule has 2 N–H and O–H groups in total. The van der Waals surface area contributed by atoms with E-state index in [-0.39, 0.29) is 17.5 Å². The van der Waals surface area contributed by atoms with Crippen molar-refractivity contribution in [1.29, 1.82) is 0 Å². The largest absolute Gasteiger partial charge is 0.383 e. The molecule has 5 unspecified atom stereocenters. The van der Waals surface area contributed by atoms with Crippen LogP contribution in [0.15, 0.2) is 197 Å². The molecule has 6 nitrogen and oxygen atoms in total. The molecule has 0 saturated carbocycles. The third-order valence-corrected chi connectivity index (χ3v) is 13.8. The van der Waals surface area contributed by atoms with Crippen LogP contribution in [0.2, 0.25) is 0 Å². The number of aliphatic imine (C=N–C) groups is 3. The van der Waals surface area contributed by atoms with Crippen LogP contribution in [0.25, 0.3) is 28.4 Å². The van der Waals surface area contributed by atoms with Crippen LogP contribution in [-0.2, 0) is 5.41 Å². The number of hydrogen-bond acceptors (Lipinski definition) is 3. The van der Waals surface area contributed by atoms with Crippen molar-refractivity contribution in [1.82, 2.24) is 4.57 Å². The number of para-hydroxylation sites is 1. The number of hydrogen-bond donors (Lipinski definition) is 1. The smallest absolute Gasteiger partial charge is 0.157 e. The Labute approximate surface area is 370 Å². The summed E-state index contributed by atoms with van der Waals surface area (Å²) >= 11 is 0. The molecule has 0 radical (unpaired) electrons. The Balaban J connectivity index is 0.954. The van der Waals surface area contributed by atoms with Crippen molar-refractivity contribution in [3.63, 3.8) is 0 Å². The highest BCUT2D eigenvalue weighted by Crippen LogP contribution is 2.57. The Bertz CT molecular complexity index is 3060. The molecule has 11 rings (SSSR count). The highest BCUT2D eigenvalue weighted by atomic mass is 15.2. The zero-order valence-corrected chi connectivity index (χ0v) is 35.9. The number of aromatic nitrogens is 1. The summed E-state index contributed by atoms with van der Waals surface area (Å²) in [4.78, 5) is 17.6. The highest BCUT2D eigenvalue weighted by molar-refractivity contribution is 6.11. The maximum absolute atomic E-state index is 6.82. The van der Waals surface area contributed by atoms with Gasteiger partial charge in [-0.1, -0.05) is 140 Å². The highest BCUT2D eigenvalue weighted by Gasteiger charge is 2.50. The summed E-state index contributed by atoms with van der Waals surface area (Å²) in [6, 6.07) is 44.9. The van der Waals surface area contributed by atoms with E-state index in [1.807, 2.05) is 48.5 Å². The Morgan fingerprint density at radius 3 is 2.41 bits per heavy atom. The van der Waals surface area contributed by atoms with Crippen molar-refractivity contribution in [3.8, 4) is 0 Å². The molecule has 3 heterocycles. The van der Waals surface area contributed by atoms with Gasteiger partial charge in [-0.25, -0.2) is 9.98 Å². The average Bonchev–Trinajstić information content (AvgIpc) is 3.81. The van der Waals surface area contributed by atoms with Crippen LogP contribution in [-0.4, -0.2) is 28.5 Å². The zero-order valence-electron chi connectivity index (χ0n) is 35.9. The Kier molecular flexibility index (Phi) is 9.53. The minimum Gasteiger partial charge on any atom is -0.383 e. The first kappa shape index (κ1) is 38.6. The molecule has 5 aromatic carbocycles. The van der Waals surface area contributed by atoms with Crippen LogP contribution < -0.4 is 10.6 Å². The normalized spacial score (nSPS) is 22.8. The maximum atomic E-state index is 6.82. The second-order valence-corrected chi connectivity index (χ2v) is 17.5. The van der Waals surface area contributed by atoms with Crippen molar-refractivity contribution >= 4 is 57.6 Å². The van der Waals surface area contributed by atoms with Crippen molar-refractivity contribution in [2.45, 2.75) is 57.0 Å². The van der Waals surface area contributed by atoms with Gasteiger partial charge in [-0.2, -0.15) is 0 Å². The van der Waals surface area contributed by atoms with Crippen molar-refractivity contribution in [3.05, 3.63) is 221 Å². The molecule has 6 aromatic rings. The molecule has 6 heteroatoms. The standard InChI is InChI=1S/C57H50N6/c1-37-16-14-26-51-53(37)46-36-43(30-33-49(46)63(51)56-45-22-11-10-19-40(45)34-35-59-56)47-24-15-27-52-57(47,3)48-23-12-13-25-50(48)62(52)44-31-28-41(29-32-44)54(58)61-55(42-20-8-5-9-21-42)60-38(2)39-17-6-4-7-18-39/h4-15,17-33,35-38,40,52H,16,34H2,1-3H3,(H2,58,60,61). The van der Waals surface area contributed by atoms with E-state index < -0.39 is 0 Å². The van der Waals surface area contributed by atoms with Gasteiger partial charge in [-0.15, -0.1) is 0 Å². The van der Waals surface area contributed by atoms with E-state index in [9.17, 15) is 0 Å². The van der Waals surface area contributed by atoms with Gasteiger partial charge in [0.1, 0.15) is 11.7 Å². The molecule has 5 aliphatic rings. The Morgan fingerprint density at radius 2 is 1.59 bits per heavy atom. The molecule has 63 heavy (non-hydrogen) atoms. The van der Waals surface area contributed by atoms with Crippen LogP contribution in [0, 0.1) is 5.92 Å². The fourth-order valence-electron chi connectivity index (χ4n) is 10.6. The lowest BCUT2D eigenvalue weighted by Crippen LogP contribution is -2.41. The molecule has 0 fully saturated rings. The zero-order chi connectivity index (χ0) is 42.7. The molecule has 5 atom stereocenters. The van der Waals surface area contributed by atoms with Crippen molar-refractivity contribution in [2.24, 2.45) is 26.6 Å². The number of nitrogens with zero attached hydrogens (tertiary/aromatic N) is 5. The molecule has 0 bridgehead atoms. The van der Waals surface area contributed by atoms with Gasteiger partial charge in [0.05, 0.1) is 23.3 Å². The lowest BCUT2D eigenvalue weighted by atomic mass is 9.68. The summed E-state index contributed by atoms with van der Waals surface area (Å²) in [7, 11) is 0. The van der Waals surface area contributed by atoms with Gasteiger partial charge in [0.2, 0.25) is 0 Å². The van der Waals surface area contributed by atoms with E-state index in [2.05, 4.69) is 170 Å². The van der Waals surface area contributed by atoms with E-state index in [0.717, 1.165) is 41.0 Å². The number of amidine groups is 2. The topological polar surface area (TPSA) is 71.3 Å². The van der Waals surface area contributed by atoms with Gasteiger partial charge in [0.15, 0.2) is 5.84 Å². The van der Waals surface area contributed by atoms with Crippen molar-refractivity contribution < 1.29 is 0 Å². The van der Waals surface area contributed by atoms with Gasteiger partial charge in [-0.05, 0) is 109 Å². The molecule has 0 amide bonds. The predicted molar refractivity (Wildman–Crippen MR) is 264 cm³/mol. The monoisotopic (exact) mass is 818 g/mol. The molecule has 308 valence electrons. The number of benzene rings is 5. The Hall–Kier alpha value is -7.31. The minimum absolute atomic E-state index is 0.0470. The van der Waals surface area contributed by atoms with Crippen molar-refractivity contribution in [2.75, 3.05) is 4.90 Å². The van der Waals surface area contributed by atoms with Gasteiger partial charge in [0.25, 0.3) is 0 Å². The maximum Gasteiger partial charge on any atom is 0.157 e. The number of anilines is 2. The predicted octanol–water partition coefficient (Wildman–Crippen LogP) is 12.9. The lowest BCUT2D eigenvalue weighted by molar-refractivity contribution is 0.569.